The van der Waals surface area contributed by atoms with Crippen LogP contribution >= 0.6 is 0 Å². The van der Waals surface area contributed by atoms with Crippen molar-refractivity contribution in [2.75, 3.05) is 31.6 Å². The van der Waals surface area contributed by atoms with Crippen LogP contribution in [0.25, 0.3) is 0 Å². The van der Waals surface area contributed by atoms with Gasteiger partial charge in [-0.1, -0.05) is 35.4 Å². The number of carbonyl (C=O) groups excluding carboxylic acids is 1. The van der Waals surface area contributed by atoms with Crippen molar-refractivity contribution in [3.8, 4) is 0 Å². The van der Waals surface area contributed by atoms with Gasteiger partial charge in [0.25, 0.3) is 5.91 Å². The van der Waals surface area contributed by atoms with Crippen molar-refractivity contribution in [1.29, 1.82) is 0 Å². The van der Waals surface area contributed by atoms with Crippen molar-refractivity contribution in [3.63, 3.8) is 0 Å². The second-order valence-electron chi connectivity index (χ2n) is 6.28. The number of hydrogen-bond acceptors (Lipinski definition) is 6. The van der Waals surface area contributed by atoms with Crippen molar-refractivity contribution in [1.82, 2.24) is 25.1 Å². The maximum absolute atomic E-state index is 13.1. The number of anilines is 1. The number of benzene rings is 1. The summed E-state index contributed by atoms with van der Waals surface area (Å²) in [6.45, 7) is 3.99. The fraction of sp³-hybridized carbons (Fsp3) is 0.412. The molecule has 8 nitrogen and oxygen atoms in total. The van der Waals surface area contributed by atoms with Crippen LogP contribution in [0.15, 0.2) is 41.6 Å². The lowest BCUT2D eigenvalue weighted by molar-refractivity contribution is -0.135. The van der Waals surface area contributed by atoms with Crippen LogP contribution in [0.2, 0.25) is 0 Å². The molecule has 4 rings (SSSR count). The minimum atomic E-state index is -0.0928. The lowest BCUT2D eigenvalue weighted by Gasteiger charge is -2.35. The Bertz CT molecular complexity index is 816. The highest BCUT2D eigenvalue weighted by Gasteiger charge is 2.32. The average molecular weight is 340 g/mol. The van der Waals surface area contributed by atoms with Crippen molar-refractivity contribution >= 4 is 11.9 Å². The Balaban J connectivity index is 1.55. The normalized spacial score (nSPS) is 20.6. The van der Waals surface area contributed by atoms with Gasteiger partial charge in [0.2, 0.25) is 5.95 Å². The molecule has 2 aliphatic rings. The number of nitrogens with zero attached hydrogens (tertiary/aromatic N) is 6. The van der Waals surface area contributed by atoms with E-state index in [0.29, 0.717) is 32.2 Å². The Labute approximate surface area is 145 Å². The second kappa shape index (κ2) is 6.29. The number of allylic oxidation sites excluding steroid dienone is 1. The number of ether oxygens (including phenoxy) is 1. The summed E-state index contributed by atoms with van der Waals surface area (Å²) in [4.78, 5) is 16.8. The lowest BCUT2D eigenvalue weighted by Crippen LogP contribution is -2.45. The highest BCUT2D eigenvalue weighted by Crippen LogP contribution is 2.27. The van der Waals surface area contributed by atoms with Crippen molar-refractivity contribution in [2.45, 2.75) is 19.6 Å². The Morgan fingerprint density at radius 1 is 1.28 bits per heavy atom. The smallest absolute Gasteiger partial charge is 0.253 e. The van der Waals surface area contributed by atoms with Crippen LogP contribution in [-0.2, 0) is 16.1 Å². The van der Waals surface area contributed by atoms with E-state index in [1.807, 2.05) is 54.1 Å². The Kier molecular flexibility index (Phi) is 3.96. The van der Waals surface area contributed by atoms with Crippen LogP contribution in [-0.4, -0.2) is 57.8 Å². The molecule has 0 unspecified atom stereocenters. The predicted molar refractivity (Wildman–Crippen MR) is 90.6 cm³/mol. The van der Waals surface area contributed by atoms with Gasteiger partial charge in [0.1, 0.15) is 6.10 Å². The SMILES string of the molecule is CC1=C(C(=O)N2CCO[C@H](c3ccccc3)C2)Cn2nnnc2N1C. The number of carbonyl (C=O) groups is 1. The standard InChI is InChI=1S/C17H20N6O2/c1-12-14(10-23-17(21(12)2)18-19-20-23)16(24)22-8-9-25-15(11-22)13-6-4-3-5-7-13/h3-7,15H,8-11H2,1-2H3/t15-/m0/s1. The summed E-state index contributed by atoms with van der Waals surface area (Å²) in [5.74, 6) is 0.674. The highest BCUT2D eigenvalue weighted by atomic mass is 16.5. The fourth-order valence-corrected chi connectivity index (χ4v) is 3.28. The van der Waals surface area contributed by atoms with Crippen LogP contribution in [0.1, 0.15) is 18.6 Å². The zero-order valence-corrected chi connectivity index (χ0v) is 14.3. The number of aromatic nitrogens is 4. The molecule has 2 aromatic rings. The van der Waals surface area contributed by atoms with Gasteiger partial charge < -0.3 is 14.5 Å². The van der Waals surface area contributed by atoms with E-state index in [1.54, 1.807) is 4.68 Å². The molecule has 1 amide bonds. The molecule has 0 radical (unpaired) electrons. The molecule has 0 spiro atoms. The number of amides is 1. The fourth-order valence-electron chi connectivity index (χ4n) is 3.28. The Morgan fingerprint density at radius 2 is 2.08 bits per heavy atom. The molecule has 0 N–H and O–H groups in total. The van der Waals surface area contributed by atoms with E-state index in [-0.39, 0.29) is 12.0 Å². The first-order valence-corrected chi connectivity index (χ1v) is 8.30. The van der Waals surface area contributed by atoms with Gasteiger partial charge >= 0.3 is 0 Å². The van der Waals surface area contributed by atoms with E-state index >= 15 is 0 Å². The van der Waals surface area contributed by atoms with Crippen LogP contribution in [0.4, 0.5) is 5.95 Å². The van der Waals surface area contributed by atoms with Gasteiger partial charge in [0, 0.05) is 19.3 Å². The maximum Gasteiger partial charge on any atom is 0.253 e. The van der Waals surface area contributed by atoms with Gasteiger partial charge in [-0.3, -0.25) is 4.79 Å². The third kappa shape index (κ3) is 2.78. The van der Waals surface area contributed by atoms with Gasteiger partial charge in [-0.15, -0.1) is 0 Å². The van der Waals surface area contributed by atoms with Gasteiger partial charge in [-0.2, -0.15) is 0 Å². The highest BCUT2D eigenvalue weighted by molar-refractivity contribution is 5.95. The topological polar surface area (TPSA) is 76.4 Å². The van der Waals surface area contributed by atoms with E-state index in [2.05, 4.69) is 15.5 Å². The first kappa shape index (κ1) is 15.8. The van der Waals surface area contributed by atoms with E-state index in [9.17, 15) is 4.79 Å². The largest absolute Gasteiger partial charge is 0.370 e. The molecule has 0 bridgehead atoms. The van der Waals surface area contributed by atoms with Crippen molar-refractivity contribution in [2.24, 2.45) is 0 Å². The molecule has 1 atom stereocenters. The maximum atomic E-state index is 13.1. The van der Waals surface area contributed by atoms with Gasteiger partial charge in [0.15, 0.2) is 0 Å². The van der Waals surface area contributed by atoms with Gasteiger partial charge in [-0.05, 0) is 22.9 Å². The summed E-state index contributed by atoms with van der Waals surface area (Å²) in [5, 5.41) is 11.7. The Hall–Kier alpha value is -2.74. The molecule has 8 heteroatoms. The number of rotatable bonds is 2. The Morgan fingerprint density at radius 3 is 2.88 bits per heavy atom. The zero-order valence-electron chi connectivity index (χ0n) is 14.3. The first-order valence-electron chi connectivity index (χ1n) is 8.30. The third-order valence-electron chi connectivity index (χ3n) is 4.84. The summed E-state index contributed by atoms with van der Waals surface area (Å²) in [7, 11) is 1.87. The van der Waals surface area contributed by atoms with E-state index < -0.39 is 0 Å². The van der Waals surface area contributed by atoms with Crippen LogP contribution in [0, 0.1) is 0 Å². The van der Waals surface area contributed by atoms with Crippen molar-refractivity contribution < 1.29 is 9.53 Å². The summed E-state index contributed by atoms with van der Waals surface area (Å²) in [5.41, 5.74) is 2.69. The van der Waals surface area contributed by atoms with Gasteiger partial charge in [0.05, 0.1) is 25.3 Å². The van der Waals surface area contributed by atoms with Crippen molar-refractivity contribution in [3.05, 3.63) is 47.2 Å². The minimum Gasteiger partial charge on any atom is -0.370 e. The minimum absolute atomic E-state index is 0.0229. The third-order valence-corrected chi connectivity index (χ3v) is 4.84. The molecular weight excluding hydrogens is 320 g/mol. The van der Waals surface area contributed by atoms with Gasteiger partial charge in [-0.25, -0.2) is 4.68 Å². The molecule has 1 saturated heterocycles. The van der Waals surface area contributed by atoms with Crippen LogP contribution in [0.3, 0.4) is 0 Å². The van der Waals surface area contributed by atoms with E-state index in [4.69, 9.17) is 4.74 Å². The van der Waals surface area contributed by atoms with Crippen LogP contribution in [0.5, 0.6) is 0 Å². The second-order valence-corrected chi connectivity index (χ2v) is 6.28. The molecule has 25 heavy (non-hydrogen) atoms. The summed E-state index contributed by atoms with van der Waals surface area (Å²) in [6.07, 6.45) is -0.0928. The van der Waals surface area contributed by atoms with E-state index in [0.717, 1.165) is 16.8 Å². The summed E-state index contributed by atoms with van der Waals surface area (Å²) >= 11 is 0. The molecule has 1 aromatic heterocycles. The molecule has 1 fully saturated rings. The van der Waals surface area contributed by atoms with Crippen LogP contribution < -0.4 is 4.90 Å². The molecule has 130 valence electrons. The molecule has 0 aliphatic carbocycles. The molecular formula is C17H20N6O2. The lowest BCUT2D eigenvalue weighted by atomic mass is 10.1. The predicted octanol–water partition coefficient (Wildman–Crippen LogP) is 0.997. The molecule has 0 saturated carbocycles. The summed E-state index contributed by atoms with van der Waals surface area (Å²) < 4.78 is 7.51. The summed E-state index contributed by atoms with van der Waals surface area (Å²) in [6, 6.07) is 10.0. The first-order chi connectivity index (χ1) is 12.1. The monoisotopic (exact) mass is 340 g/mol. The molecule has 3 heterocycles. The quantitative estimate of drug-likeness (QED) is 0.812. The number of tetrazole rings is 1. The molecule has 2 aliphatic heterocycles. The number of hydrogen-bond donors (Lipinski definition) is 0. The van der Waals surface area contributed by atoms with E-state index in [1.165, 1.54) is 0 Å². The average Bonchev–Trinajstić information content (AvgIpc) is 3.14. The zero-order chi connectivity index (χ0) is 17.4. The number of morpholine rings is 1. The molecule has 1 aromatic carbocycles. The number of fused-ring (bicyclic) bond motifs is 1.